The van der Waals surface area contributed by atoms with Crippen molar-refractivity contribution in [1.82, 2.24) is 15.0 Å². The van der Waals surface area contributed by atoms with Crippen molar-refractivity contribution in [3.8, 4) is 0 Å². The van der Waals surface area contributed by atoms with Crippen molar-refractivity contribution in [2.45, 2.75) is 42.4 Å². The second kappa shape index (κ2) is 9.89. The number of carbonyl (C=O) groups is 1. The number of anilines is 1. The van der Waals surface area contributed by atoms with Crippen LogP contribution in [0.25, 0.3) is 0 Å². The third-order valence-corrected chi connectivity index (χ3v) is 6.02. The Morgan fingerprint density at radius 1 is 1.14 bits per heavy atom. The van der Waals surface area contributed by atoms with Crippen LogP contribution in [-0.4, -0.2) is 27.1 Å². The van der Waals surface area contributed by atoms with Crippen LogP contribution in [0.3, 0.4) is 0 Å². The molecule has 0 spiro atoms. The third-order valence-electron chi connectivity index (χ3n) is 4.25. The Balaban J connectivity index is 1.69. The lowest BCUT2D eigenvalue weighted by molar-refractivity contribution is 0.102. The molecule has 3 rings (SSSR count). The highest BCUT2D eigenvalue weighted by atomic mass is 32.2. The lowest BCUT2D eigenvalue weighted by Gasteiger charge is -2.13. The van der Waals surface area contributed by atoms with Gasteiger partial charge < -0.3 is 5.32 Å². The van der Waals surface area contributed by atoms with Gasteiger partial charge in [-0.15, -0.1) is 23.5 Å². The van der Waals surface area contributed by atoms with Crippen molar-refractivity contribution in [3.05, 3.63) is 71.4 Å². The molecule has 0 fully saturated rings. The molecule has 0 saturated heterocycles. The van der Waals surface area contributed by atoms with Crippen LogP contribution in [-0.2, 0) is 5.75 Å². The molecule has 0 aliphatic carbocycles. The van der Waals surface area contributed by atoms with Gasteiger partial charge in [0.1, 0.15) is 10.9 Å². The molecule has 2 aromatic heterocycles. The third kappa shape index (κ3) is 5.58. The van der Waals surface area contributed by atoms with Crippen LogP contribution in [0.5, 0.6) is 0 Å². The number of benzene rings is 1. The molecule has 0 aliphatic heterocycles. The van der Waals surface area contributed by atoms with Crippen molar-refractivity contribution < 1.29 is 4.79 Å². The first kappa shape index (κ1) is 21.3. The van der Waals surface area contributed by atoms with E-state index in [1.54, 1.807) is 18.0 Å². The standard InChI is InChI=1S/C22H24N4OS2/c1-14(2)20-24-15(3)19(22(26-20)28-4)21(27)25-17-7-9-18(10-8-17)29-13-16-6-5-11-23-12-16/h5-12,14H,13H2,1-4H3,(H,25,27). The molecule has 0 saturated carbocycles. The maximum Gasteiger partial charge on any atom is 0.260 e. The minimum Gasteiger partial charge on any atom is -0.322 e. The predicted molar refractivity (Wildman–Crippen MR) is 121 cm³/mol. The number of nitrogens with zero attached hydrogens (tertiary/aromatic N) is 3. The zero-order valence-electron chi connectivity index (χ0n) is 17.0. The van der Waals surface area contributed by atoms with Gasteiger partial charge in [-0.05, 0) is 49.1 Å². The van der Waals surface area contributed by atoms with Crippen molar-refractivity contribution in [3.63, 3.8) is 0 Å². The van der Waals surface area contributed by atoms with E-state index in [0.29, 0.717) is 16.3 Å². The summed E-state index contributed by atoms with van der Waals surface area (Å²) in [5.74, 6) is 1.65. The summed E-state index contributed by atoms with van der Waals surface area (Å²) < 4.78 is 0. The van der Waals surface area contributed by atoms with Crippen LogP contribution in [0.15, 0.2) is 58.7 Å². The summed E-state index contributed by atoms with van der Waals surface area (Å²) in [7, 11) is 0. The molecule has 1 aromatic carbocycles. The summed E-state index contributed by atoms with van der Waals surface area (Å²) in [5, 5.41) is 3.68. The fourth-order valence-electron chi connectivity index (χ4n) is 2.71. The molecule has 0 radical (unpaired) electrons. The minimum atomic E-state index is -0.182. The van der Waals surface area contributed by atoms with E-state index in [1.165, 1.54) is 17.3 Å². The summed E-state index contributed by atoms with van der Waals surface area (Å²) in [6, 6.07) is 11.9. The molecule has 0 atom stereocenters. The molecule has 7 heteroatoms. The van der Waals surface area contributed by atoms with E-state index in [4.69, 9.17) is 0 Å². The Morgan fingerprint density at radius 3 is 2.52 bits per heavy atom. The highest BCUT2D eigenvalue weighted by Crippen LogP contribution is 2.26. The Hall–Kier alpha value is -2.38. The minimum absolute atomic E-state index is 0.182. The molecule has 0 aliphatic rings. The maximum absolute atomic E-state index is 12.9. The highest BCUT2D eigenvalue weighted by Gasteiger charge is 2.19. The first-order valence-corrected chi connectivity index (χ1v) is 11.5. The second-order valence-electron chi connectivity index (χ2n) is 6.83. The van der Waals surface area contributed by atoms with Crippen LogP contribution in [0.1, 0.15) is 47.2 Å². The number of hydrogen-bond acceptors (Lipinski definition) is 6. The second-order valence-corrected chi connectivity index (χ2v) is 8.68. The van der Waals surface area contributed by atoms with Gasteiger partial charge in [0.15, 0.2) is 0 Å². The molecular weight excluding hydrogens is 400 g/mol. The number of thioether (sulfide) groups is 2. The van der Waals surface area contributed by atoms with Gasteiger partial charge in [-0.3, -0.25) is 9.78 Å². The average Bonchev–Trinajstić information content (AvgIpc) is 2.73. The molecule has 29 heavy (non-hydrogen) atoms. The van der Waals surface area contributed by atoms with Crippen LogP contribution < -0.4 is 5.32 Å². The highest BCUT2D eigenvalue weighted by molar-refractivity contribution is 7.98. The summed E-state index contributed by atoms with van der Waals surface area (Å²) in [6.07, 6.45) is 5.58. The number of carbonyl (C=O) groups excluding carboxylic acids is 1. The van der Waals surface area contributed by atoms with E-state index in [9.17, 15) is 4.79 Å². The van der Waals surface area contributed by atoms with Crippen molar-refractivity contribution in [1.29, 1.82) is 0 Å². The fourth-order valence-corrected chi connectivity index (χ4v) is 4.17. The van der Waals surface area contributed by atoms with Gasteiger partial charge in [-0.2, -0.15) is 0 Å². The van der Waals surface area contributed by atoms with Gasteiger partial charge in [0.05, 0.1) is 11.3 Å². The summed E-state index contributed by atoms with van der Waals surface area (Å²) in [5.41, 5.74) is 3.17. The summed E-state index contributed by atoms with van der Waals surface area (Å²) in [6.45, 7) is 5.96. The molecular formula is C22H24N4OS2. The molecule has 1 N–H and O–H groups in total. The van der Waals surface area contributed by atoms with Crippen LogP contribution >= 0.6 is 23.5 Å². The Bertz CT molecular complexity index is 976. The molecule has 3 aromatic rings. The smallest absolute Gasteiger partial charge is 0.260 e. The van der Waals surface area contributed by atoms with E-state index in [-0.39, 0.29) is 11.8 Å². The number of aryl methyl sites for hydroxylation is 1. The molecule has 0 bridgehead atoms. The number of pyridine rings is 1. The normalized spacial score (nSPS) is 10.9. The molecule has 2 heterocycles. The number of amides is 1. The zero-order chi connectivity index (χ0) is 20.8. The van der Waals surface area contributed by atoms with Crippen molar-refractivity contribution in [2.24, 2.45) is 0 Å². The Morgan fingerprint density at radius 2 is 1.90 bits per heavy atom. The lowest BCUT2D eigenvalue weighted by Crippen LogP contribution is -2.17. The number of rotatable bonds is 7. The van der Waals surface area contributed by atoms with Crippen LogP contribution in [0, 0.1) is 6.92 Å². The summed E-state index contributed by atoms with van der Waals surface area (Å²) in [4.78, 5) is 27.2. The molecule has 0 unspecified atom stereocenters. The van der Waals surface area contributed by atoms with E-state index in [0.717, 1.165) is 22.2 Å². The number of nitrogens with one attached hydrogen (secondary N) is 1. The monoisotopic (exact) mass is 424 g/mol. The van der Waals surface area contributed by atoms with Gasteiger partial charge in [0.25, 0.3) is 5.91 Å². The Kier molecular flexibility index (Phi) is 7.28. The average molecular weight is 425 g/mol. The molecule has 150 valence electrons. The van der Waals surface area contributed by atoms with E-state index in [2.05, 4.69) is 26.3 Å². The molecule has 1 amide bonds. The first-order valence-electron chi connectivity index (χ1n) is 9.33. The SMILES string of the molecule is CSc1nc(C(C)C)nc(C)c1C(=O)Nc1ccc(SCc2cccnc2)cc1. The fraction of sp³-hybridized carbons (Fsp3) is 0.273. The van der Waals surface area contributed by atoms with Crippen LogP contribution in [0.4, 0.5) is 5.69 Å². The van der Waals surface area contributed by atoms with E-state index in [1.807, 2.05) is 63.6 Å². The van der Waals surface area contributed by atoms with E-state index < -0.39 is 0 Å². The first-order chi connectivity index (χ1) is 14.0. The predicted octanol–water partition coefficient (Wildman–Crippen LogP) is 5.57. The largest absolute Gasteiger partial charge is 0.322 e. The lowest BCUT2D eigenvalue weighted by atomic mass is 10.1. The number of aromatic nitrogens is 3. The maximum atomic E-state index is 12.9. The van der Waals surface area contributed by atoms with Crippen molar-refractivity contribution >= 4 is 35.1 Å². The van der Waals surface area contributed by atoms with Gasteiger partial charge >= 0.3 is 0 Å². The van der Waals surface area contributed by atoms with Gasteiger partial charge in [0, 0.05) is 34.6 Å². The number of hydrogen-bond donors (Lipinski definition) is 1. The quantitative estimate of drug-likeness (QED) is 0.395. The van der Waals surface area contributed by atoms with Gasteiger partial charge in [0.2, 0.25) is 0 Å². The summed E-state index contributed by atoms with van der Waals surface area (Å²) >= 11 is 3.20. The van der Waals surface area contributed by atoms with Crippen molar-refractivity contribution in [2.75, 3.05) is 11.6 Å². The Labute approximate surface area is 180 Å². The van der Waals surface area contributed by atoms with E-state index >= 15 is 0 Å². The van der Waals surface area contributed by atoms with Gasteiger partial charge in [-0.25, -0.2) is 9.97 Å². The van der Waals surface area contributed by atoms with Gasteiger partial charge in [-0.1, -0.05) is 19.9 Å². The van der Waals surface area contributed by atoms with Crippen LogP contribution in [0.2, 0.25) is 0 Å². The topological polar surface area (TPSA) is 67.8 Å². The zero-order valence-corrected chi connectivity index (χ0v) is 18.6. The molecule has 5 nitrogen and oxygen atoms in total.